The highest BCUT2D eigenvalue weighted by atomic mass is 16.6. The van der Waals surface area contributed by atoms with Crippen LogP contribution in [-0.4, -0.2) is 37.2 Å². The molecular weight excluding hydrogens is 272 g/mol. The van der Waals surface area contributed by atoms with Crippen LogP contribution < -0.4 is 10.6 Å². The van der Waals surface area contributed by atoms with E-state index in [1.54, 1.807) is 32.4 Å². The summed E-state index contributed by atoms with van der Waals surface area (Å²) in [5.41, 5.74) is 0.380. The van der Waals surface area contributed by atoms with Gasteiger partial charge in [0.25, 0.3) is 5.69 Å². The quantitative estimate of drug-likeness (QED) is 0.361. The summed E-state index contributed by atoms with van der Waals surface area (Å²) in [6.45, 7) is 4.80. The lowest BCUT2D eigenvalue weighted by Crippen LogP contribution is -2.45. The van der Waals surface area contributed by atoms with E-state index in [0.717, 1.165) is 0 Å². The average Bonchev–Trinajstić information content (AvgIpc) is 2.47. The van der Waals surface area contributed by atoms with Gasteiger partial charge in [0.05, 0.1) is 10.5 Å². The number of para-hydroxylation sites is 1. The van der Waals surface area contributed by atoms with Gasteiger partial charge in [-0.2, -0.15) is 0 Å². The Hall–Kier alpha value is -2.15. The van der Waals surface area contributed by atoms with E-state index in [2.05, 4.69) is 15.6 Å². The number of nitrogens with one attached hydrogen (secondary N) is 2. The van der Waals surface area contributed by atoms with E-state index in [9.17, 15) is 10.1 Å². The van der Waals surface area contributed by atoms with Crippen molar-refractivity contribution < 1.29 is 9.66 Å². The first-order valence-electron chi connectivity index (χ1n) is 6.61. The van der Waals surface area contributed by atoms with Crippen LogP contribution in [0.4, 0.5) is 5.69 Å². The Morgan fingerprint density at radius 3 is 2.62 bits per heavy atom. The van der Waals surface area contributed by atoms with Crippen LogP contribution in [0.3, 0.4) is 0 Å². The molecule has 0 atom stereocenters. The first-order chi connectivity index (χ1) is 9.89. The number of benzene rings is 1. The number of nitro groups is 1. The molecule has 21 heavy (non-hydrogen) atoms. The van der Waals surface area contributed by atoms with Crippen LogP contribution in [0.5, 0.6) is 0 Å². The molecule has 7 heteroatoms. The maximum Gasteiger partial charge on any atom is 0.274 e. The van der Waals surface area contributed by atoms with Crippen molar-refractivity contribution in [2.75, 3.05) is 20.7 Å². The standard InChI is InChI=1S/C14H22N4O3/c1-14(2,21-4)10-17-13(15-3)16-9-11-7-5-6-8-12(11)18(19)20/h5-8H,9-10H2,1-4H3,(H2,15,16,17). The van der Waals surface area contributed by atoms with Gasteiger partial charge in [0.15, 0.2) is 5.96 Å². The maximum atomic E-state index is 10.9. The average molecular weight is 294 g/mol. The van der Waals surface area contributed by atoms with Crippen molar-refractivity contribution in [3.8, 4) is 0 Å². The van der Waals surface area contributed by atoms with Gasteiger partial charge in [0, 0.05) is 38.9 Å². The van der Waals surface area contributed by atoms with Gasteiger partial charge in [-0.25, -0.2) is 0 Å². The molecule has 1 rings (SSSR count). The van der Waals surface area contributed by atoms with Crippen LogP contribution in [0.2, 0.25) is 0 Å². The van der Waals surface area contributed by atoms with Gasteiger partial charge in [0.1, 0.15) is 0 Å². The van der Waals surface area contributed by atoms with Crippen molar-refractivity contribution in [1.29, 1.82) is 0 Å². The van der Waals surface area contributed by atoms with Crippen LogP contribution in [0.25, 0.3) is 0 Å². The van der Waals surface area contributed by atoms with Crippen molar-refractivity contribution in [3.63, 3.8) is 0 Å². The van der Waals surface area contributed by atoms with Crippen molar-refractivity contribution in [2.45, 2.75) is 26.0 Å². The molecule has 0 aliphatic rings. The highest BCUT2D eigenvalue weighted by Gasteiger charge is 2.17. The molecule has 0 radical (unpaired) electrons. The zero-order chi connectivity index (χ0) is 15.9. The molecule has 0 unspecified atom stereocenters. The minimum Gasteiger partial charge on any atom is -0.377 e. The third-order valence-electron chi connectivity index (χ3n) is 3.09. The summed E-state index contributed by atoms with van der Waals surface area (Å²) in [7, 11) is 3.29. The van der Waals surface area contributed by atoms with E-state index in [0.29, 0.717) is 24.6 Å². The third-order valence-corrected chi connectivity index (χ3v) is 3.09. The summed E-state index contributed by atoms with van der Waals surface area (Å²) in [4.78, 5) is 14.6. The summed E-state index contributed by atoms with van der Waals surface area (Å²) < 4.78 is 5.31. The number of hydrogen-bond donors (Lipinski definition) is 2. The van der Waals surface area contributed by atoms with Crippen molar-refractivity contribution in [1.82, 2.24) is 10.6 Å². The molecular formula is C14H22N4O3. The lowest BCUT2D eigenvalue weighted by molar-refractivity contribution is -0.385. The summed E-state index contributed by atoms with van der Waals surface area (Å²) in [6, 6.07) is 6.63. The fourth-order valence-corrected chi connectivity index (χ4v) is 1.61. The molecule has 1 aromatic rings. The van der Waals surface area contributed by atoms with Gasteiger partial charge >= 0.3 is 0 Å². The predicted octanol–water partition coefficient (Wildman–Crippen LogP) is 1.68. The molecule has 0 amide bonds. The smallest absolute Gasteiger partial charge is 0.274 e. The fraction of sp³-hybridized carbons (Fsp3) is 0.500. The minimum atomic E-state index is -0.388. The molecule has 0 aliphatic heterocycles. The third kappa shape index (κ3) is 5.39. The van der Waals surface area contributed by atoms with E-state index >= 15 is 0 Å². The molecule has 0 heterocycles. The Labute approximate surface area is 124 Å². The second-order valence-electron chi connectivity index (χ2n) is 5.13. The van der Waals surface area contributed by atoms with Gasteiger partial charge < -0.3 is 15.4 Å². The summed E-state index contributed by atoms with van der Waals surface area (Å²) in [5.74, 6) is 0.568. The number of methoxy groups -OCH3 is 1. The SMILES string of the molecule is CN=C(NCc1ccccc1[N+](=O)[O-])NCC(C)(C)OC. The monoisotopic (exact) mass is 294 g/mol. The van der Waals surface area contributed by atoms with Crippen LogP contribution in [-0.2, 0) is 11.3 Å². The highest BCUT2D eigenvalue weighted by Crippen LogP contribution is 2.16. The molecule has 0 saturated carbocycles. The summed E-state index contributed by atoms with van der Waals surface area (Å²) >= 11 is 0. The van der Waals surface area contributed by atoms with Crippen molar-refractivity contribution in [2.24, 2.45) is 4.99 Å². The molecule has 0 spiro atoms. The van der Waals surface area contributed by atoms with Crippen LogP contribution in [0.1, 0.15) is 19.4 Å². The minimum absolute atomic E-state index is 0.0951. The normalized spacial score (nSPS) is 12.1. The lowest BCUT2D eigenvalue weighted by Gasteiger charge is -2.24. The second-order valence-corrected chi connectivity index (χ2v) is 5.13. The number of aliphatic imine (C=N–C) groups is 1. The van der Waals surface area contributed by atoms with E-state index in [-0.39, 0.29) is 16.2 Å². The second kappa shape index (κ2) is 7.58. The number of nitrogens with zero attached hydrogens (tertiary/aromatic N) is 2. The van der Waals surface area contributed by atoms with Crippen LogP contribution in [0.15, 0.2) is 29.3 Å². The lowest BCUT2D eigenvalue weighted by atomic mass is 10.1. The maximum absolute atomic E-state index is 10.9. The largest absolute Gasteiger partial charge is 0.377 e. The fourth-order valence-electron chi connectivity index (χ4n) is 1.61. The van der Waals surface area contributed by atoms with Crippen LogP contribution in [0, 0.1) is 10.1 Å². The Bertz CT molecular complexity index is 515. The molecule has 0 saturated heterocycles. The predicted molar refractivity (Wildman–Crippen MR) is 82.4 cm³/mol. The zero-order valence-corrected chi connectivity index (χ0v) is 12.8. The molecule has 0 aromatic heterocycles. The number of hydrogen-bond acceptors (Lipinski definition) is 4. The van der Waals surface area contributed by atoms with Crippen LogP contribution >= 0.6 is 0 Å². The number of guanidine groups is 1. The first-order valence-corrected chi connectivity index (χ1v) is 6.61. The van der Waals surface area contributed by atoms with Gasteiger partial charge in [-0.3, -0.25) is 15.1 Å². The Kier molecular flexibility index (Phi) is 6.10. The molecule has 0 bridgehead atoms. The first kappa shape index (κ1) is 16.9. The Morgan fingerprint density at radius 1 is 1.38 bits per heavy atom. The summed E-state index contributed by atoms with van der Waals surface area (Å²) in [5, 5.41) is 17.1. The molecule has 0 aliphatic carbocycles. The topological polar surface area (TPSA) is 88.8 Å². The van der Waals surface area contributed by atoms with Crippen molar-refractivity contribution >= 4 is 11.6 Å². The zero-order valence-electron chi connectivity index (χ0n) is 12.8. The molecule has 7 nitrogen and oxygen atoms in total. The van der Waals surface area contributed by atoms with Gasteiger partial charge in [-0.15, -0.1) is 0 Å². The number of rotatable bonds is 6. The van der Waals surface area contributed by atoms with Crippen molar-refractivity contribution in [3.05, 3.63) is 39.9 Å². The highest BCUT2D eigenvalue weighted by molar-refractivity contribution is 5.79. The van der Waals surface area contributed by atoms with Gasteiger partial charge in [0.2, 0.25) is 0 Å². The molecule has 2 N–H and O–H groups in total. The van der Waals surface area contributed by atoms with E-state index < -0.39 is 0 Å². The summed E-state index contributed by atoms with van der Waals surface area (Å²) in [6.07, 6.45) is 0. The van der Waals surface area contributed by atoms with E-state index in [1.807, 2.05) is 13.8 Å². The molecule has 0 fully saturated rings. The van der Waals surface area contributed by atoms with E-state index in [1.165, 1.54) is 6.07 Å². The Balaban J connectivity index is 2.63. The van der Waals surface area contributed by atoms with Gasteiger partial charge in [-0.1, -0.05) is 18.2 Å². The Morgan fingerprint density at radius 2 is 2.05 bits per heavy atom. The number of ether oxygens (including phenoxy) is 1. The number of nitro benzene ring substituents is 1. The molecule has 1 aromatic carbocycles. The van der Waals surface area contributed by atoms with Gasteiger partial charge in [-0.05, 0) is 13.8 Å². The molecule has 116 valence electrons. The van der Waals surface area contributed by atoms with E-state index in [4.69, 9.17) is 4.74 Å².